The number of hydrogen-bond donors (Lipinski definition) is 1. The van der Waals surface area contributed by atoms with Gasteiger partial charge in [0, 0.05) is 6.54 Å². The van der Waals surface area contributed by atoms with E-state index >= 15 is 0 Å². The van der Waals surface area contributed by atoms with Gasteiger partial charge in [-0.25, -0.2) is 4.68 Å². The molecule has 1 heterocycles. The first-order valence-electron chi connectivity index (χ1n) is 6.91. The highest BCUT2D eigenvalue weighted by atomic mass is 16.5. The average Bonchev–Trinajstić information content (AvgIpc) is 2.87. The number of aryl methyl sites for hydroxylation is 1. The Kier molecular flexibility index (Phi) is 4.55. The van der Waals surface area contributed by atoms with E-state index in [0.29, 0.717) is 29.8 Å². The van der Waals surface area contributed by atoms with Crippen LogP contribution in [0.5, 0.6) is 5.75 Å². The second-order valence-corrected chi connectivity index (χ2v) is 5.07. The van der Waals surface area contributed by atoms with Gasteiger partial charge < -0.3 is 10.5 Å². The van der Waals surface area contributed by atoms with Crippen LogP contribution in [0.1, 0.15) is 27.2 Å². The van der Waals surface area contributed by atoms with Crippen LogP contribution in [0.2, 0.25) is 0 Å². The smallest absolute Gasteiger partial charge is 0.185 e. The molecule has 0 atom stereocenters. The third-order valence-corrected chi connectivity index (χ3v) is 3.03. The zero-order valence-corrected chi connectivity index (χ0v) is 12.2. The predicted octanol–water partition coefficient (Wildman–Crippen LogP) is 2.37. The van der Waals surface area contributed by atoms with E-state index in [9.17, 15) is 0 Å². The number of tetrazole rings is 1. The van der Waals surface area contributed by atoms with E-state index in [4.69, 9.17) is 10.5 Å². The highest BCUT2D eigenvalue weighted by Gasteiger charge is 2.16. The number of hydrogen-bond acceptors (Lipinski definition) is 5. The molecule has 0 unspecified atom stereocenters. The van der Waals surface area contributed by atoms with Crippen molar-refractivity contribution >= 4 is 5.69 Å². The minimum Gasteiger partial charge on any atom is -0.491 e. The number of nitrogens with two attached hydrogens (primary N) is 1. The molecule has 6 nitrogen and oxygen atoms in total. The van der Waals surface area contributed by atoms with E-state index in [0.717, 1.165) is 18.5 Å². The Bertz CT molecular complexity index is 564. The fourth-order valence-corrected chi connectivity index (χ4v) is 1.97. The number of rotatable bonds is 6. The van der Waals surface area contributed by atoms with Crippen LogP contribution in [0.4, 0.5) is 5.69 Å². The first-order chi connectivity index (χ1) is 9.63. The van der Waals surface area contributed by atoms with Gasteiger partial charge in [0.15, 0.2) is 11.6 Å². The van der Waals surface area contributed by atoms with Crippen LogP contribution in [0.25, 0.3) is 11.4 Å². The molecule has 1 aromatic heterocycles. The van der Waals surface area contributed by atoms with Crippen LogP contribution in [-0.4, -0.2) is 26.8 Å². The van der Waals surface area contributed by atoms with Crippen molar-refractivity contribution in [3.8, 4) is 17.1 Å². The highest BCUT2D eigenvalue weighted by molar-refractivity contribution is 5.73. The van der Waals surface area contributed by atoms with Crippen molar-refractivity contribution in [2.24, 2.45) is 5.92 Å². The summed E-state index contributed by atoms with van der Waals surface area (Å²) in [5.41, 5.74) is 7.42. The summed E-state index contributed by atoms with van der Waals surface area (Å²) in [5, 5.41) is 11.9. The molecule has 0 radical (unpaired) electrons. The van der Waals surface area contributed by atoms with Gasteiger partial charge in [-0.15, -0.1) is 5.10 Å². The first kappa shape index (κ1) is 14.3. The summed E-state index contributed by atoms with van der Waals surface area (Å²) in [6, 6.07) is 5.63. The van der Waals surface area contributed by atoms with E-state index in [1.54, 1.807) is 4.68 Å². The van der Waals surface area contributed by atoms with Crippen LogP contribution in [-0.2, 0) is 6.54 Å². The highest BCUT2D eigenvalue weighted by Crippen LogP contribution is 2.33. The number of aromatic nitrogens is 4. The second-order valence-electron chi connectivity index (χ2n) is 5.07. The number of benzene rings is 1. The summed E-state index contributed by atoms with van der Waals surface area (Å²) >= 11 is 0. The summed E-state index contributed by atoms with van der Waals surface area (Å²) < 4.78 is 7.44. The van der Waals surface area contributed by atoms with Crippen molar-refractivity contribution in [1.29, 1.82) is 0 Å². The maximum atomic E-state index is 5.98. The largest absolute Gasteiger partial charge is 0.491 e. The summed E-state index contributed by atoms with van der Waals surface area (Å²) in [7, 11) is 0. The standard InChI is InChI=1S/C14H21N5O/c1-4-20-13-11(6-5-7-12(13)15)14-16-17-18-19(14)9-8-10(2)3/h5-7,10H,4,8-9,15H2,1-3H3. The quantitative estimate of drug-likeness (QED) is 0.819. The molecule has 0 aliphatic carbocycles. The Labute approximate surface area is 118 Å². The molecule has 0 aliphatic heterocycles. The Morgan fingerprint density at radius 3 is 2.85 bits per heavy atom. The van der Waals surface area contributed by atoms with Crippen LogP contribution in [0.15, 0.2) is 18.2 Å². The van der Waals surface area contributed by atoms with E-state index in [1.807, 2.05) is 25.1 Å². The second kappa shape index (κ2) is 6.36. The molecular formula is C14H21N5O. The molecule has 1 aromatic carbocycles. The van der Waals surface area contributed by atoms with Crippen LogP contribution >= 0.6 is 0 Å². The van der Waals surface area contributed by atoms with Gasteiger partial charge in [-0.05, 0) is 41.8 Å². The summed E-state index contributed by atoms with van der Waals surface area (Å²) in [6.45, 7) is 7.61. The molecule has 0 amide bonds. The predicted molar refractivity (Wildman–Crippen MR) is 78.3 cm³/mol. The van der Waals surface area contributed by atoms with Gasteiger partial charge in [-0.3, -0.25) is 0 Å². The lowest BCUT2D eigenvalue weighted by atomic mass is 10.1. The Morgan fingerprint density at radius 2 is 2.15 bits per heavy atom. The molecule has 0 spiro atoms. The minimum absolute atomic E-state index is 0.550. The fraction of sp³-hybridized carbons (Fsp3) is 0.500. The van der Waals surface area contributed by atoms with Crippen molar-refractivity contribution in [3.63, 3.8) is 0 Å². The SMILES string of the molecule is CCOc1c(N)cccc1-c1nnnn1CCC(C)C. The van der Waals surface area contributed by atoms with Gasteiger partial charge in [0.2, 0.25) is 0 Å². The molecule has 0 aliphatic rings. The van der Waals surface area contributed by atoms with Crippen molar-refractivity contribution in [2.75, 3.05) is 12.3 Å². The molecular weight excluding hydrogens is 254 g/mol. The summed E-state index contributed by atoms with van der Waals surface area (Å²) in [5.74, 6) is 1.94. The fourth-order valence-electron chi connectivity index (χ4n) is 1.97. The van der Waals surface area contributed by atoms with Crippen molar-refractivity contribution < 1.29 is 4.74 Å². The summed E-state index contributed by atoms with van der Waals surface area (Å²) in [6.07, 6.45) is 1.02. The Morgan fingerprint density at radius 1 is 1.35 bits per heavy atom. The Balaban J connectivity index is 2.37. The van der Waals surface area contributed by atoms with Crippen molar-refractivity contribution in [1.82, 2.24) is 20.2 Å². The molecule has 20 heavy (non-hydrogen) atoms. The third kappa shape index (κ3) is 3.07. The minimum atomic E-state index is 0.550. The van der Waals surface area contributed by atoms with Crippen molar-refractivity contribution in [2.45, 2.75) is 33.7 Å². The lowest BCUT2D eigenvalue weighted by molar-refractivity contribution is 0.343. The topological polar surface area (TPSA) is 78.8 Å². The van der Waals surface area contributed by atoms with Gasteiger partial charge >= 0.3 is 0 Å². The van der Waals surface area contributed by atoms with Gasteiger partial charge in [0.25, 0.3) is 0 Å². The van der Waals surface area contributed by atoms with Gasteiger partial charge in [0.1, 0.15) is 0 Å². The average molecular weight is 275 g/mol. The Hall–Kier alpha value is -2.11. The number of ether oxygens (including phenoxy) is 1. The molecule has 2 N–H and O–H groups in total. The molecule has 6 heteroatoms. The molecule has 2 aromatic rings. The van der Waals surface area contributed by atoms with E-state index < -0.39 is 0 Å². The zero-order valence-electron chi connectivity index (χ0n) is 12.2. The monoisotopic (exact) mass is 275 g/mol. The number of nitrogen functional groups attached to an aromatic ring is 1. The van der Waals surface area contributed by atoms with Crippen LogP contribution < -0.4 is 10.5 Å². The van der Waals surface area contributed by atoms with Gasteiger partial charge in [0.05, 0.1) is 17.9 Å². The zero-order chi connectivity index (χ0) is 14.5. The number of nitrogens with zero attached hydrogens (tertiary/aromatic N) is 4. The molecule has 0 fully saturated rings. The van der Waals surface area contributed by atoms with E-state index in [2.05, 4.69) is 29.4 Å². The first-order valence-corrected chi connectivity index (χ1v) is 6.91. The molecule has 0 saturated heterocycles. The van der Waals surface area contributed by atoms with Crippen LogP contribution in [0, 0.1) is 5.92 Å². The van der Waals surface area contributed by atoms with Crippen molar-refractivity contribution in [3.05, 3.63) is 18.2 Å². The van der Waals surface area contributed by atoms with E-state index in [-0.39, 0.29) is 0 Å². The van der Waals surface area contributed by atoms with Gasteiger partial charge in [-0.1, -0.05) is 19.9 Å². The summed E-state index contributed by atoms with van der Waals surface area (Å²) in [4.78, 5) is 0. The molecule has 0 bridgehead atoms. The molecule has 0 saturated carbocycles. The molecule has 108 valence electrons. The number of para-hydroxylation sites is 1. The van der Waals surface area contributed by atoms with E-state index in [1.165, 1.54) is 0 Å². The molecule has 2 rings (SSSR count). The lowest BCUT2D eigenvalue weighted by Gasteiger charge is -2.12. The van der Waals surface area contributed by atoms with Gasteiger partial charge in [-0.2, -0.15) is 0 Å². The third-order valence-electron chi connectivity index (χ3n) is 3.03. The maximum Gasteiger partial charge on any atom is 0.185 e. The van der Waals surface area contributed by atoms with Crippen LogP contribution in [0.3, 0.4) is 0 Å². The lowest BCUT2D eigenvalue weighted by Crippen LogP contribution is -2.07. The normalized spacial score (nSPS) is 11.0. The number of anilines is 1. The maximum absolute atomic E-state index is 5.98.